The van der Waals surface area contributed by atoms with Crippen LogP contribution < -0.4 is 0 Å². The monoisotopic (exact) mass is 218 g/mol. The van der Waals surface area contributed by atoms with Gasteiger partial charge in [-0.2, -0.15) is 0 Å². The number of carbonyl (C=O) groups is 1. The molecule has 1 aromatic rings. The fourth-order valence-corrected chi connectivity index (χ4v) is 2.35. The van der Waals surface area contributed by atoms with Gasteiger partial charge in [0.05, 0.1) is 13.3 Å². The maximum absolute atomic E-state index is 11.8. The Bertz CT molecular complexity index is 368. The number of Topliss-reactive ketones (excluding diaryl/α,β-unsaturated/α-hetero) is 1. The van der Waals surface area contributed by atoms with E-state index in [-0.39, 0.29) is 17.5 Å². The van der Waals surface area contributed by atoms with E-state index >= 15 is 0 Å². The first-order valence-electron chi connectivity index (χ1n) is 5.18. The lowest BCUT2D eigenvalue weighted by molar-refractivity contribution is -0.125. The van der Waals surface area contributed by atoms with Gasteiger partial charge < -0.3 is 0 Å². The lowest BCUT2D eigenvalue weighted by atomic mass is 9.60. The van der Waals surface area contributed by atoms with Crippen LogP contribution in [0.15, 0.2) is 24.3 Å². The molecule has 0 aromatic heterocycles. The lowest BCUT2D eigenvalue weighted by Gasteiger charge is -2.41. The van der Waals surface area contributed by atoms with E-state index in [9.17, 15) is 4.79 Å². The molecular weight excluding hydrogens is 206 g/mol. The van der Waals surface area contributed by atoms with E-state index in [1.807, 2.05) is 24.3 Å². The predicted octanol–water partition coefficient (Wildman–Crippen LogP) is 2.92. The highest BCUT2D eigenvalue weighted by Crippen LogP contribution is 2.45. The van der Waals surface area contributed by atoms with Crippen molar-refractivity contribution in [2.24, 2.45) is 0 Å². The fourth-order valence-electron chi connectivity index (χ4n) is 2.22. The minimum atomic E-state index is -0.306. The van der Waals surface area contributed by atoms with Crippen LogP contribution in [-0.2, 0) is 10.2 Å². The molecule has 0 saturated heterocycles. The SMILES string of the molecule is [B]CC(=O)C1(c2ccc(Cl)cc2)CCC1. The van der Waals surface area contributed by atoms with Crippen LogP contribution >= 0.6 is 11.6 Å². The number of hydrogen-bond acceptors (Lipinski definition) is 1. The predicted molar refractivity (Wildman–Crippen MR) is 62.5 cm³/mol. The molecule has 0 amide bonds. The highest BCUT2D eigenvalue weighted by atomic mass is 35.5. The van der Waals surface area contributed by atoms with E-state index in [1.54, 1.807) is 0 Å². The Kier molecular flexibility index (Phi) is 2.88. The van der Waals surface area contributed by atoms with E-state index in [4.69, 9.17) is 19.4 Å². The Labute approximate surface area is 96.2 Å². The summed E-state index contributed by atoms with van der Waals surface area (Å²) in [5, 5.41) is 0.702. The third-order valence-corrected chi connectivity index (χ3v) is 3.58. The molecule has 0 aliphatic heterocycles. The summed E-state index contributed by atoms with van der Waals surface area (Å²) in [5.74, 6) is 0.149. The van der Waals surface area contributed by atoms with Crippen LogP contribution in [-0.4, -0.2) is 13.6 Å². The number of ketones is 1. The molecule has 15 heavy (non-hydrogen) atoms. The second-order valence-corrected chi connectivity index (χ2v) is 4.51. The van der Waals surface area contributed by atoms with Crippen LogP contribution in [0.4, 0.5) is 0 Å². The molecular formula is C12H12BClO. The van der Waals surface area contributed by atoms with Crippen molar-refractivity contribution < 1.29 is 4.79 Å². The minimum Gasteiger partial charge on any atom is -0.300 e. The van der Waals surface area contributed by atoms with Crippen LogP contribution in [0, 0.1) is 0 Å². The van der Waals surface area contributed by atoms with E-state index in [1.165, 1.54) is 0 Å². The first kappa shape index (κ1) is 10.8. The molecule has 0 spiro atoms. The molecule has 2 radical (unpaired) electrons. The first-order valence-corrected chi connectivity index (χ1v) is 5.56. The maximum Gasteiger partial charge on any atom is 0.134 e. The van der Waals surface area contributed by atoms with Gasteiger partial charge in [-0.3, -0.25) is 4.79 Å². The largest absolute Gasteiger partial charge is 0.300 e. The molecule has 2 rings (SSSR count). The second kappa shape index (κ2) is 4.01. The zero-order chi connectivity index (χ0) is 10.9. The first-order chi connectivity index (χ1) is 7.19. The lowest BCUT2D eigenvalue weighted by Crippen LogP contribution is -2.42. The quantitative estimate of drug-likeness (QED) is 0.713. The van der Waals surface area contributed by atoms with Crippen molar-refractivity contribution in [1.29, 1.82) is 0 Å². The molecule has 1 aliphatic carbocycles. The van der Waals surface area contributed by atoms with Gasteiger partial charge in [0.25, 0.3) is 0 Å². The Morgan fingerprint density at radius 3 is 2.33 bits per heavy atom. The molecule has 76 valence electrons. The molecule has 3 heteroatoms. The molecule has 0 bridgehead atoms. The molecule has 1 saturated carbocycles. The van der Waals surface area contributed by atoms with Gasteiger partial charge in [0.1, 0.15) is 5.78 Å². The van der Waals surface area contributed by atoms with Gasteiger partial charge in [-0.15, -0.1) is 0 Å². The minimum absolute atomic E-state index is 0.128. The summed E-state index contributed by atoms with van der Waals surface area (Å²) in [6.45, 7) is 0. The van der Waals surface area contributed by atoms with Crippen molar-refractivity contribution in [3.63, 3.8) is 0 Å². The number of halogens is 1. The summed E-state index contributed by atoms with van der Waals surface area (Å²) in [4.78, 5) is 11.8. The number of benzene rings is 1. The van der Waals surface area contributed by atoms with Gasteiger partial charge in [-0.1, -0.05) is 30.2 Å². The zero-order valence-corrected chi connectivity index (χ0v) is 9.26. The van der Waals surface area contributed by atoms with Crippen molar-refractivity contribution >= 4 is 25.2 Å². The molecule has 1 aliphatic rings. The van der Waals surface area contributed by atoms with Crippen LogP contribution in [0.3, 0.4) is 0 Å². The summed E-state index contributed by atoms with van der Waals surface area (Å²) in [7, 11) is 5.46. The average molecular weight is 218 g/mol. The van der Waals surface area contributed by atoms with Crippen molar-refractivity contribution in [3.8, 4) is 0 Å². The van der Waals surface area contributed by atoms with E-state index in [0.717, 1.165) is 24.8 Å². The zero-order valence-electron chi connectivity index (χ0n) is 8.50. The highest BCUT2D eigenvalue weighted by molar-refractivity contribution is 6.30. The molecule has 0 unspecified atom stereocenters. The molecule has 1 nitrogen and oxygen atoms in total. The maximum atomic E-state index is 11.8. The topological polar surface area (TPSA) is 17.1 Å². The number of hydrogen-bond donors (Lipinski definition) is 0. The van der Waals surface area contributed by atoms with E-state index < -0.39 is 0 Å². The summed E-state index contributed by atoms with van der Waals surface area (Å²) in [6, 6.07) is 7.55. The second-order valence-electron chi connectivity index (χ2n) is 4.07. The Balaban J connectivity index is 2.34. The van der Waals surface area contributed by atoms with Crippen LogP contribution in [0.25, 0.3) is 0 Å². The van der Waals surface area contributed by atoms with Crippen molar-refractivity contribution in [1.82, 2.24) is 0 Å². The smallest absolute Gasteiger partial charge is 0.134 e. The van der Waals surface area contributed by atoms with Gasteiger partial charge >= 0.3 is 0 Å². The molecule has 1 aromatic carbocycles. The Hall–Kier alpha value is -0.755. The summed E-state index contributed by atoms with van der Waals surface area (Å²) in [5.41, 5.74) is 0.757. The van der Waals surface area contributed by atoms with E-state index in [2.05, 4.69) is 0 Å². The normalized spacial score (nSPS) is 18.2. The third kappa shape index (κ3) is 1.72. The highest BCUT2D eigenvalue weighted by Gasteiger charge is 2.43. The number of carbonyl (C=O) groups excluding carboxylic acids is 1. The Morgan fingerprint density at radius 2 is 1.93 bits per heavy atom. The van der Waals surface area contributed by atoms with Gasteiger partial charge in [-0.05, 0) is 36.9 Å². The van der Waals surface area contributed by atoms with Gasteiger partial charge in [0.15, 0.2) is 0 Å². The van der Waals surface area contributed by atoms with Crippen molar-refractivity contribution in [2.75, 3.05) is 0 Å². The van der Waals surface area contributed by atoms with Crippen molar-refractivity contribution in [3.05, 3.63) is 34.9 Å². The molecule has 1 fully saturated rings. The Morgan fingerprint density at radius 1 is 1.33 bits per heavy atom. The van der Waals surface area contributed by atoms with Gasteiger partial charge in [0.2, 0.25) is 0 Å². The number of rotatable bonds is 3. The summed E-state index contributed by atoms with van der Waals surface area (Å²) >= 11 is 5.83. The van der Waals surface area contributed by atoms with E-state index in [0.29, 0.717) is 5.02 Å². The third-order valence-electron chi connectivity index (χ3n) is 3.32. The van der Waals surface area contributed by atoms with Crippen LogP contribution in [0.1, 0.15) is 24.8 Å². The standard InChI is InChI=1S/C12H12BClO/c13-8-11(15)12(6-1-7-12)9-2-4-10(14)5-3-9/h2-5H,1,6-8H2. The average Bonchev–Trinajstić information content (AvgIpc) is 2.19. The molecule has 0 atom stereocenters. The molecule has 0 N–H and O–H groups in total. The van der Waals surface area contributed by atoms with Crippen molar-refractivity contribution in [2.45, 2.75) is 31.0 Å². The fraction of sp³-hybridized carbons (Fsp3) is 0.417. The van der Waals surface area contributed by atoms with Crippen LogP contribution in [0.5, 0.6) is 0 Å². The molecule has 0 heterocycles. The van der Waals surface area contributed by atoms with Gasteiger partial charge in [-0.25, -0.2) is 0 Å². The summed E-state index contributed by atoms with van der Waals surface area (Å²) in [6.07, 6.45) is 3.08. The summed E-state index contributed by atoms with van der Waals surface area (Å²) < 4.78 is 0. The van der Waals surface area contributed by atoms with Crippen LogP contribution in [0.2, 0.25) is 11.3 Å². The van der Waals surface area contributed by atoms with Gasteiger partial charge in [0, 0.05) is 5.02 Å².